The van der Waals surface area contributed by atoms with Crippen LogP contribution in [0.3, 0.4) is 0 Å². The van der Waals surface area contributed by atoms with Gasteiger partial charge in [0.2, 0.25) is 0 Å². The second-order valence-electron chi connectivity index (χ2n) is 3.48. The average molecular weight is 180 g/mol. The molecule has 0 heterocycles. The van der Waals surface area contributed by atoms with Gasteiger partial charge in [-0.15, -0.1) is 0 Å². The third-order valence-corrected chi connectivity index (χ3v) is 2.58. The van der Waals surface area contributed by atoms with Crippen LogP contribution in [0.15, 0.2) is 23.3 Å². The van der Waals surface area contributed by atoms with Gasteiger partial charge in [-0.05, 0) is 50.2 Å². The van der Waals surface area contributed by atoms with Gasteiger partial charge in [0.15, 0.2) is 0 Å². The van der Waals surface area contributed by atoms with Crippen LogP contribution in [-0.2, 0) is 0 Å². The van der Waals surface area contributed by atoms with E-state index < -0.39 is 0 Å². The summed E-state index contributed by atoms with van der Waals surface area (Å²) in [6.07, 6.45) is 8.48. The molecule has 1 saturated carbocycles. The zero-order chi connectivity index (χ0) is 10.3. The van der Waals surface area contributed by atoms with Crippen molar-refractivity contribution in [2.24, 2.45) is 5.92 Å². The summed E-state index contributed by atoms with van der Waals surface area (Å²) in [5, 5.41) is 0. The highest BCUT2D eigenvalue weighted by molar-refractivity contribution is 5.32. The molecule has 1 atom stereocenters. The third kappa shape index (κ3) is 3.80. The van der Waals surface area contributed by atoms with E-state index in [-0.39, 0.29) is 0 Å². The van der Waals surface area contributed by atoms with Gasteiger partial charge in [-0.1, -0.05) is 32.9 Å². The van der Waals surface area contributed by atoms with Crippen LogP contribution in [0.2, 0.25) is 0 Å². The first-order valence-electron chi connectivity index (χ1n) is 5.58. The highest BCUT2D eigenvalue weighted by atomic mass is 14.2. The van der Waals surface area contributed by atoms with E-state index in [0.29, 0.717) is 0 Å². The molecule has 0 radical (unpaired) electrons. The van der Waals surface area contributed by atoms with Crippen molar-refractivity contribution in [3.05, 3.63) is 23.3 Å². The summed E-state index contributed by atoms with van der Waals surface area (Å²) < 4.78 is 0. The highest BCUT2D eigenvalue weighted by Gasteiger charge is 2.15. The lowest BCUT2D eigenvalue weighted by Gasteiger charge is -2.23. The molecule has 0 N–H and O–H groups in total. The topological polar surface area (TPSA) is 0 Å². The van der Waals surface area contributed by atoms with Crippen molar-refractivity contribution >= 4 is 0 Å². The Kier molecular flexibility index (Phi) is 6.66. The Bertz CT molecular complexity index is 184. The monoisotopic (exact) mass is 180 g/mol. The maximum Gasteiger partial charge on any atom is -0.0254 e. The molecule has 13 heavy (non-hydrogen) atoms. The van der Waals surface area contributed by atoms with Gasteiger partial charge in [-0.3, -0.25) is 0 Å². The van der Waals surface area contributed by atoms with Crippen molar-refractivity contribution in [3.63, 3.8) is 0 Å². The average Bonchev–Trinajstić information content (AvgIpc) is 2.20. The second-order valence-corrected chi connectivity index (χ2v) is 3.48. The third-order valence-electron chi connectivity index (χ3n) is 2.58. The minimum atomic E-state index is 0.893. The Labute approximate surface area is 83.7 Å². The molecule has 1 aliphatic carbocycles. The SMILES string of the molecule is C/C=C1/CCC(C)C/C1=C/C.CC. The predicted molar refractivity (Wildman–Crippen MR) is 61.9 cm³/mol. The first-order valence-corrected chi connectivity index (χ1v) is 5.58. The fraction of sp³-hybridized carbons (Fsp3) is 0.692. The lowest BCUT2D eigenvalue weighted by Crippen LogP contribution is -2.06. The summed E-state index contributed by atoms with van der Waals surface area (Å²) in [5.41, 5.74) is 3.15. The van der Waals surface area contributed by atoms with Gasteiger partial charge in [-0.25, -0.2) is 0 Å². The first-order chi connectivity index (χ1) is 6.27. The Morgan fingerprint density at radius 3 is 2.08 bits per heavy atom. The number of rotatable bonds is 0. The molecule has 1 fully saturated rings. The van der Waals surface area contributed by atoms with Crippen LogP contribution in [0.5, 0.6) is 0 Å². The van der Waals surface area contributed by atoms with E-state index in [1.165, 1.54) is 19.3 Å². The molecule has 0 saturated heterocycles. The predicted octanol–water partition coefficient (Wildman–Crippen LogP) is 4.73. The zero-order valence-electron chi connectivity index (χ0n) is 9.85. The van der Waals surface area contributed by atoms with Crippen LogP contribution >= 0.6 is 0 Å². The molecule has 0 nitrogen and oxygen atoms in total. The fourth-order valence-corrected chi connectivity index (χ4v) is 1.80. The van der Waals surface area contributed by atoms with Crippen molar-refractivity contribution < 1.29 is 0 Å². The summed E-state index contributed by atoms with van der Waals surface area (Å²) in [7, 11) is 0. The summed E-state index contributed by atoms with van der Waals surface area (Å²) >= 11 is 0. The maximum atomic E-state index is 2.34. The van der Waals surface area contributed by atoms with Crippen LogP contribution in [0.25, 0.3) is 0 Å². The van der Waals surface area contributed by atoms with Crippen molar-refractivity contribution in [2.45, 2.75) is 53.9 Å². The van der Waals surface area contributed by atoms with E-state index in [9.17, 15) is 0 Å². The highest BCUT2D eigenvalue weighted by Crippen LogP contribution is 2.32. The summed E-state index contributed by atoms with van der Waals surface area (Å²) in [6.45, 7) is 10.6. The molecule has 0 aliphatic heterocycles. The number of allylic oxidation sites excluding steroid dienone is 4. The van der Waals surface area contributed by atoms with E-state index in [0.717, 1.165) is 5.92 Å². The van der Waals surface area contributed by atoms with Gasteiger partial charge in [0.1, 0.15) is 0 Å². The van der Waals surface area contributed by atoms with Gasteiger partial charge in [0.05, 0.1) is 0 Å². The van der Waals surface area contributed by atoms with E-state index in [2.05, 4.69) is 32.9 Å². The summed E-state index contributed by atoms with van der Waals surface area (Å²) in [4.78, 5) is 0. The van der Waals surface area contributed by atoms with Crippen molar-refractivity contribution in [2.75, 3.05) is 0 Å². The Balaban J connectivity index is 0.000000671. The van der Waals surface area contributed by atoms with Gasteiger partial charge in [0, 0.05) is 0 Å². The summed E-state index contributed by atoms with van der Waals surface area (Å²) in [5.74, 6) is 0.893. The molecule has 0 aromatic carbocycles. The smallest absolute Gasteiger partial charge is 0.0254 e. The standard InChI is InChI=1S/C11H18.C2H6/c1-4-10-7-6-9(3)8-11(10)5-2;1-2/h4-5,9H,6-8H2,1-3H3;1-2H3/b10-4-,11-5-;. The van der Waals surface area contributed by atoms with Crippen LogP contribution in [0, 0.1) is 5.92 Å². The van der Waals surface area contributed by atoms with Gasteiger partial charge in [0.25, 0.3) is 0 Å². The van der Waals surface area contributed by atoms with Crippen molar-refractivity contribution in [3.8, 4) is 0 Å². The molecular formula is C13H24. The quantitative estimate of drug-likeness (QED) is 0.506. The Morgan fingerprint density at radius 2 is 1.62 bits per heavy atom. The van der Waals surface area contributed by atoms with Gasteiger partial charge >= 0.3 is 0 Å². The molecule has 1 rings (SSSR count). The van der Waals surface area contributed by atoms with Gasteiger partial charge in [-0.2, -0.15) is 0 Å². The lowest BCUT2D eigenvalue weighted by atomic mass is 9.83. The van der Waals surface area contributed by atoms with Crippen molar-refractivity contribution in [1.82, 2.24) is 0 Å². The molecular weight excluding hydrogens is 156 g/mol. The molecule has 76 valence electrons. The molecule has 1 aliphatic rings. The lowest BCUT2D eigenvalue weighted by molar-refractivity contribution is 0.497. The number of hydrogen-bond donors (Lipinski definition) is 0. The fourth-order valence-electron chi connectivity index (χ4n) is 1.80. The summed E-state index contributed by atoms with van der Waals surface area (Å²) in [6, 6.07) is 0. The van der Waals surface area contributed by atoms with Crippen molar-refractivity contribution in [1.29, 1.82) is 0 Å². The first kappa shape index (κ1) is 12.5. The molecule has 0 heteroatoms. The zero-order valence-corrected chi connectivity index (χ0v) is 9.85. The molecule has 0 aromatic heterocycles. The molecule has 1 unspecified atom stereocenters. The molecule has 0 bridgehead atoms. The Morgan fingerprint density at radius 1 is 1.08 bits per heavy atom. The van der Waals surface area contributed by atoms with Crippen LogP contribution in [0.1, 0.15) is 53.9 Å². The number of hydrogen-bond acceptors (Lipinski definition) is 0. The van der Waals surface area contributed by atoms with Crippen LogP contribution < -0.4 is 0 Å². The maximum absolute atomic E-state index is 2.34. The van der Waals surface area contributed by atoms with Crippen LogP contribution in [-0.4, -0.2) is 0 Å². The second kappa shape index (κ2) is 6.94. The van der Waals surface area contributed by atoms with Gasteiger partial charge < -0.3 is 0 Å². The van der Waals surface area contributed by atoms with E-state index in [4.69, 9.17) is 0 Å². The van der Waals surface area contributed by atoms with E-state index >= 15 is 0 Å². The minimum absolute atomic E-state index is 0.893. The van der Waals surface area contributed by atoms with E-state index in [1.807, 2.05) is 13.8 Å². The molecule has 0 spiro atoms. The van der Waals surface area contributed by atoms with E-state index in [1.54, 1.807) is 11.1 Å². The van der Waals surface area contributed by atoms with Crippen LogP contribution in [0.4, 0.5) is 0 Å². The largest absolute Gasteiger partial charge is 0.0842 e. The molecule has 0 aromatic rings. The normalized spacial score (nSPS) is 28.5. The molecule has 0 amide bonds. The Hall–Kier alpha value is -0.520. The minimum Gasteiger partial charge on any atom is -0.0842 e.